The van der Waals surface area contributed by atoms with E-state index in [4.69, 9.17) is 4.74 Å². The van der Waals surface area contributed by atoms with Crippen LogP contribution in [0.3, 0.4) is 0 Å². The summed E-state index contributed by atoms with van der Waals surface area (Å²) in [6.45, 7) is 8.74. The van der Waals surface area contributed by atoms with Crippen LogP contribution in [0.1, 0.15) is 20.3 Å². The smallest absolute Gasteiger partial charge is 0.0643 e. The Morgan fingerprint density at radius 2 is 2.15 bits per heavy atom. The summed E-state index contributed by atoms with van der Waals surface area (Å²) in [5.41, 5.74) is 0.383. The van der Waals surface area contributed by atoms with Crippen molar-refractivity contribution in [2.24, 2.45) is 5.41 Å². The van der Waals surface area contributed by atoms with Crippen LogP contribution in [-0.4, -0.2) is 38.4 Å². The van der Waals surface area contributed by atoms with Gasteiger partial charge in [-0.25, -0.2) is 0 Å². The van der Waals surface area contributed by atoms with E-state index in [0.29, 0.717) is 17.5 Å². The van der Waals surface area contributed by atoms with Crippen LogP contribution in [0.2, 0.25) is 0 Å². The lowest BCUT2D eigenvalue weighted by Gasteiger charge is -2.43. The minimum absolute atomic E-state index is 0.383. The van der Waals surface area contributed by atoms with Crippen molar-refractivity contribution in [1.82, 2.24) is 10.6 Å². The van der Waals surface area contributed by atoms with Crippen LogP contribution in [0.5, 0.6) is 0 Å². The number of hydrogen-bond donors (Lipinski definition) is 2. The van der Waals surface area contributed by atoms with Crippen molar-refractivity contribution in [3.8, 4) is 0 Å². The maximum atomic E-state index is 5.17. The molecule has 0 aliphatic carbocycles. The summed E-state index contributed by atoms with van der Waals surface area (Å²) in [7, 11) is 0. The molecule has 0 spiro atoms. The topological polar surface area (TPSA) is 33.3 Å². The second-order valence-electron chi connectivity index (χ2n) is 4.91. The van der Waals surface area contributed by atoms with E-state index in [1.165, 1.54) is 6.42 Å². The van der Waals surface area contributed by atoms with E-state index in [1.54, 1.807) is 0 Å². The fourth-order valence-electron chi connectivity index (χ4n) is 2.10. The maximum Gasteiger partial charge on any atom is 0.0643 e. The molecule has 1 atom stereocenters. The van der Waals surface area contributed by atoms with Crippen LogP contribution in [0, 0.1) is 5.41 Å². The highest BCUT2D eigenvalue weighted by atomic mass is 16.5. The fourth-order valence-corrected chi connectivity index (χ4v) is 2.10. The molecule has 2 saturated heterocycles. The maximum absolute atomic E-state index is 5.17. The van der Waals surface area contributed by atoms with Gasteiger partial charge in [0.1, 0.15) is 0 Å². The molecule has 0 aromatic rings. The lowest BCUT2D eigenvalue weighted by molar-refractivity contribution is -0.0202. The third kappa shape index (κ3) is 2.03. The predicted molar refractivity (Wildman–Crippen MR) is 52.8 cm³/mol. The highest BCUT2D eigenvalue weighted by Gasteiger charge is 2.34. The molecule has 13 heavy (non-hydrogen) atoms. The largest absolute Gasteiger partial charge is 0.378 e. The van der Waals surface area contributed by atoms with Gasteiger partial charge in [-0.05, 0) is 18.4 Å². The zero-order chi connectivity index (χ0) is 9.31. The van der Waals surface area contributed by atoms with Crippen molar-refractivity contribution in [2.75, 3.05) is 26.3 Å². The van der Waals surface area contributed by atoms with Gasteiger partial charge in [0.2, 0.25) is 0 Å². The molecular formula is C10H20N2O. The second-order valence-corrected chi connectivity index (χ2v) is 4.91. The minimum Gasteiger partial charge on any atom is -0.378 e. The first-order chi connectivity index (χ1) is 6.18. The van der Waals surface area contributed by atoms with Gasteiger partial charge in [-0.1, -0.05) is 13.8 Å². The molecule has 0 radical (unpaired) electrons. The van der Waals surface area contributed by atoms with Gasteiger partial charge in [0, 0.05) is 12.6 Å². The molecular weight excluding hydrogens is 164 g/mol. The van der Waals surface area contributed by atoms with Crippen molar-refractivity contribution >= 4 is 0 Å². The number of rotatable bonds is 2. The van der Waals surface area contributed by atoms with Crippen LogP contribution in [0.4, 0.5) is 0 Å². The molecule has 0 aromatic heterocycles. The summed E-state index contributed by atoms with van der Waals surface area (Å²) in [4.78, 5) is 0. The predicted octanol–water partition coefficient (Wildman–Crippen LogP) is 0.363. The van der Waals surface area contributed by atoms with E-state index in [0.717, 1.165) is 26.3 Å². The van der Waals surface area contributed by atoms with E-state index < -0.39 is 0 Å². The highest BCUT2D eigenvalue weighted by molar-refractivity contribution is 4.93. The normalized spacial score (nSPS) is 34.2. The second kappa shape index (κ2) is 3.56. The molecule has 76 valence electrons. The molecule has 0 bridgehead atoms. The van der Waals surface area contributed by atoms with Crippen molar-refractivity contribution < 1.29 is 4.74 Å². The SMILES string of the molecule is CC1(C)CNCCC1NC1COC1. The Balaban J connectivity index is 1.87. The van der Waals surface area contributed by atoms with E-state index >= 15 is 0 Å². The Bertz CT molecular complexity index is 178. The summed E-state index contributed by atoms with van der Waals surface area (Å²) in [5.74, 6) is 0. The summed E-state index contributed by atoms with van der Waals surface area (Å²) < 4.78 is 5.17. The van der Waals surface area contributed by atoms with Gasteiger partial charge >= 0.3 is 0 Å². The first kappa shape index (κ1) is 9.44. The van der Waals surface area contributed by atoms with Crippen molar-refractivity contribution in [2.45, 2.75) is 32.4 Å². The lowest BCUT2D eigenvalue weighted by Crippen LogP contribution is -2.59. The number of piperidine rings is 1. The van der Waals surface area contributed by atoms with Gasteiger partial charge in [0.15, 0.2) is 0 Å². The zero-order valence-electron chi connectivity index (χ0n) is 8.60. The molecule has 0 saturated carbocycles. The summed E-state index contributed by atoms with van der Waals surface area (Å²) in [6.07, 6.45) is 1.24. The molecule has 2 N–H and O–H groups in total. The molecule has 2 aliphatic rings. The van der Waals surface area contributed by atoms with E-state index in [-0.39, 0.29) is 0 Å². The number of hydrogen-bond acceptors (Lipinski definition) is 3. The van der Waals surface area contributed by atoms with Gasteiger partial charge in [-0.15, -0.1) is 0 Å². The molecule has 3 heteroatoms. The monoisotopic (exact) mass is 184 g/mol. The molecule has 2 fully saturated rings. The molecule has 2 aliphatic heterocycles. The van der Waals surface area contributed by atoms with Gasteiger partial charge in [0.05, 0.1) is 19.3 Å². The molecule has 1 unspecified atom stereocenters. The van der Waals surface area contributed by atoms with Gasteiger partial charge in [-0.2, -0.15) is 0 Å². The van der Waals surface area contributed by atoms with Gasteiger partial charge in [0.25, 0.3) is 0 Å². The molecule has 2 heterocycles. The molecule has 3 nitrogen and oxygen atoms in total. The van der Waals surface area contributed by atoms with Crippen LogP contribution < -0.4 is 10.6 Å². The average Bonchev–Trinajstić information content (AvgIpc) is 1.98. The average molecular weight is 184 g/mol. The zero-order valence-corrected chi connectivity index (χ0v) is 8.60. The van der Waals surface area contributed by atoms with E-state index in [9.17, 15) is 0 Å². The summed E-state index contributed by atoms with van der Waals surface area (Å²) in [5, 5.41) is 7.12. The standard InChI is InChI=1S/C10H20N2O/c1-10(2)7-11-4-3-9(10)12-8-5-13-6-8/h8-9,11-12H,3-7H2,1-2H3. The Kier molecular flexibility index (Phi) is 2.58. The first-order valence-electron chi connectivity index (χ1n) is 5.23. The third-order valence-corrected chi connectivity index (χ3v) is 3.21. The number of ether oxygens (including phenoxy) is 1. The van der Waals surface area contributed by atoms with Crippen LogP contribution >= 0.6 is 0 Å². The Morgan fingerprint density at radius 3 is 2.69 bits per heavy atom. The van der Waals surface area contributed by atoms with Crippen molar-refractivity contribution in [1.29, 1.82) is 0 Å². The Hall–Kier alpha value is -0.120. The highest BCUT2D eigenvalue weighted by Crippen LogP contribution is 2.25. The van der Waals surface area contributed by atoms with Gasteiger partial charge < -0.3 is 15.4 Å². The van der Waals surface area contributed by atoms with Crippen LogP contribution in [-0.2, 0) is 4.74 Å². The fraction of sp³-hybridized carbons (Fsp3) is 1.00. The third-order valence-electron chi connectivity index (χ3n) is 3.21. The van der Waals surface area contributed by atoms with Crippen molar-refractivity contribution in [3.05, 3.63) is 0 Å². The Labute approximate surface area is 80.2 Å². The summed E-state index contributed by atoms with van der Waals surface area (Å²) >= 11 is 0. The quantitative estimate of drug-likeness (QED) is 0.650. The van der Waals surface area contributed by atoms with Crippen LogP contribution in [0.15, 0.2) is 0 Å². The molecule has 0 aromatic carbocycles. The minimum atomic E-state index is 0.383. The number of nitrogens with one attached hydrogen (secondary N) is 2. The van der Waals surface area contributed by atoms with Gasteiger partial charge in [-0.3, -0.25) is 0 Å². The first-order valence-corrected chi connectivity index (χ1v) is 5.23. The Morgan fingerprint density at radius 1 is 1.38 bits per heavy atom. The van der Waals surface area contributed by atoms with E-state index in [2.05, 4.69) is 24.5 Å². The molecule has 0 amide bonds. The van der Waals surface area contributed by atoms with Crippen molar-refractivity contribution in [3.63, 3.8) is 0 Å². The van der Waals surface area contributed by atoms with Crippen LogP contribution in [0.25, 0.3) is 0 Å². The molecule has 2 rings (SSSR count). The lowest BCUT2D eigenvalue weighted by atomic mass is 9.79. The summed E-state index contributed by atoms with van der Waals surface area (Å²) in [6, 6.07) is 1.27. The van der Waals surface area contributed by atoms with E-state index in [1.807, 2.05) is 0 Å².